The molecule has 3 N–H and O–H groups in total. The van der Waals surface area contributed by atoms with Crippen LogP contribution in [0.4, 0.5) is 20.2 Å². The molecule has 102 valence electrons. The molecule has 0 saturated carbocycles. The number of anilines is 2. The fraction of sp³-hybridized carbons (Fsp3) is 0.100. The van der Waals surface area contributed by atoms with E-state index in [0.29, 0.717) is 6.07 Å². The first-order valence-corrected chi connectivity index (χ1v) is 6.53. The minimum atomic E-state index is -4.07. The van der Waals surface area contributed by atoms with Gasteiger partial charge < -0.3 is 10.3 Å². The summed E-state index contributed by atoms with van der Waals surface area (Å²) in [5.74, 6) is -1.99. The van der Waals surface area contributed by atoms with E-state index in [1.54, 1.807) is 7.05 Å². The zero-order chi connectivity index (χ0) is 14.2. The van der Waals surface area contributed by atoms with E-state index < -0.39 is 27.3 Å². The number of hydrogen-bond donors (Lipinski definition) is 2. The van der Waals surface area contributed by atoms with Gasteiger partial charge in [-0.1, -0.05) is 0 Å². The number of hydrogen-bond acceptors (Lipinski definition) is 4. The fourth-order valence-corrected chi connectivity index (χ4v) is 2.50. The zero-order valence-corrected chi connectivity index (χ0v) is 10.6. The van der Waals surface area contributed by atoms with E-state index in [9.17, 15) is 17.2 Å². The van der Waals surface area contributed by atoms with Crippen molar-refractivity contribution in [3.8, 4) is 0 Å². The number of aromatic nitrogens is 2. The SMILES string of the molecule is Cn1cnc(S(=O)(=O)Nc2c(N)cc(F)cc2F)c1. The van der Waals surface area contributed by atoms with Gasteiger partial charge in [0.2, 0.25) is 0 Å². The van der Waals surface area contributed by atoms with Crippen LogP contribution in [0.25, 0.3) is 0 Å². The molecule has 9 heteroatoms. The van der Waals surface area contributed by atoms with Gasteiger partial charge in [-0.05, 0) is 6.07 Å². The van der Waals surface area contributed by atoms with E-state index in [2.05, 4.69) is 4.98 Å². The Morgan fingerprint density at radius 1 is 1.37 bits per heavy atom. The van der Waals surface area contributed by atoms with Crippen molar-refractivity contribution in [2.75, 3.05) is 10.5 Å². The highest BCUT2D eigenvalue weighted by molar-refractivity contribution is 7.92. The minimum absolute atomic E-state index is 0.293. The third kappa shape index (κ3) is 2.65. The number of benzene rings is 1. The number of nitrogens with one attached hydrogen (secondary N) is 1. The quantitative estimate of drug-likeness (QED) is 0.827. The van der Waals surface area contributed by atoms with Gasteiger partial charge in [0, 0.05) is 19.3 Å². The maximum Gasteiger partial charge on any atom is 0.281 e. The molecule has 0 aliphatic heterocycles. The molecule has 0 unspecified atom stereocenters. The predicted molar refractivity (Wildman–Crippen MR) is 64.8 cm³/mol. The van der Waals surface area contributed by atoms with Gasteiger partial charge in [-0.25, -0.2) is 13.8 Å². The lowest BCUT2D eigenvalue weighted by atomic mass is 10.2. The second-order valence-corrected chi connectivity index (χ2v) is 5.46. The summed E-state index contributed by atoms with van der Waals surface area (Å²) in [6, 6.07) is 1.35. The lowest BCUT2D eigenvalue weighted by molar-refractivity contribution is 0.583. The van der Waals surface area contributed by atoms with Crippen molar-refractivity contribution in [2.24, 2.45) is 7.05 Å². The highest BCUT2D eigenvalue weighted by atomic mass is 32.2. The Labute approximate surface area is 107 Å². The zero-order valence-electron chi connectivity index (χ0n) is 9.76. The van der Waals surface area contributed by atoms with Crippen molar-refractivity contribution < 1.29 is 17.2 Å². The van der Waals surface area contributed by atoms with Gasteiger partial charge in [0.05, 0.1) is 12.0 Å². The number of aryl methyl sites for hydroxylation is 1. The molecule has 0 spiro atoms. The Balaban J connectivity index is 2.41. The van der Waals surface area contributed by atoms with Crippen LogP contribution in [0.5, 0.6) is 0 Å². The number of rotatable bonds is 3. The summed E-state index contributed by atoms with van der Waals surface area (Å²) in [5.41, 5.74) is 4.52. The van der Waals surface area contributed by atoms with Crippen LogP contribution in [0, 0.1) is 11.6 Å². The number of nitrogens with zero attached hydrogens (tertiary/aromatic N) is 2. The van der Waals surface area contributed by atoms with Gasteiger partial charge in [0.1, 0.15) is 11.5 Å². The maximum absolute atomic E-state index is 13.5. The van der Waals surface area contributed by atoms with Crippen LogP contribution < -0.4 is 10.5 Å². The van der Waals surface area contributed by atoms with Crippen molar-refractivity contribution in [3.63, 3.8) is 0 Å². The third-order valence-electron chi connectivity index (χ3n) is 2.28. The summed E-state index contributed by atoms with van der Waals surface area (Å²) in [7, 11) is -2.49. The fourth-order valence-electron chi connectivity index (χ4n) is 1.42. The van der Waals surface area contributed by atoms with Crippen molar-refractivity contribution in [3.05, 3.63) is 36.3 Å². The number of nitrogen functional groups attached to an aromatic ring is 1. The highest BCUT2D eigenvalue weighted by Gasteiger charge is 2.21. The molecule has 2 rings (SSSR count). The lowest BCUT2D eigenvalue weighted by Crippen LogP contribution is -2.16. The van der Waals surface area contributed by atoms with E-state index in [1.165, 1.54) is 17.1 Å². The summed E-state index contributed by atoms with van der Waals surface area (Å²) >= 11 is 0. The summed E-state index contributed by atoms with van der Waals surface area (Å²) in [6.07, 6.45) is 2.51. The van der Waals surface area contributed by atoms with Crippen LogP contribution in [0.3, 0.4) is 0 Å². The summed E-state index contributed by atoms with van der Waals surface area (Å²) < 4.78 is 53.5. The van der Waals surface area contributed by atoms with Crippen LogP contribution >= 0.6 is 0 Å². The van der Waals surface area contributed by atoms with Crippen LogP contribution in [0.1, 0.15) is 0 Å². The minimum Gasteiger partial charge on any atom is -0.397 e. The Kier molecular flexibility index (Phi) is 3.14. The molecule has 0 atom stereocenters. The van der Waals surface area contributed by atoms with Crippen molar-refractivity contribution in [2.45, 2.75) is 5.03 Å². The topological polar surface area (TPSA) is 90.0 Å². The van der Waals surface area contributed by atoms with Crippen LogP contribution in [-0.2, 0) is 17.1 Å². The van der Waals surface area contributed by atoms with Gasteiger partial charge in [-0.2, -0.15) is 8.42 Å². The molecule has 0 amide bonds. The molecule has 0 saturated heterocycles. The second kappa shape index (κ2) is 4.50. The molecule has 2 aromatic rings. The standard InChI is InChI=1S/C10H10F2N4O2S/c1-16-4-9(14-5-16)19(17,18)15-10-7(12)2-6(11)3-8(10)13/h2-5,15H,13H2,1H3. The molecule has 0 fully saturated rings. The lowest BCUT2D eigenvalue weighted by Gasteiger charge is -2.09. The molecular weight excluding hydrogens is 278 g/mol. The van der Waals surface area contributed by atoms with Crippen molar-refractivity contribution in [1.82, 2.24) is 9.55 Å². The first-order valence-electron chi connectivity index (χ1n) is 5.05. The molecule has 1 heterocycles. The first kappa shape index (κ1) is 13.3. The highest BCUT2D eigenvalue weighted by Crippen LogP contribution is 2.26. The van der Waals surface area contributed by atoms with Gasteiger partial charge in [0.25, 0.3) is 10.0 Å². The smallest absolute Gasteiger partial charge is 0.281 e. The monoisotopic (exact) mass is 288 g/mol. The number of halogens is 2. The van der Waals surface area contributed by atoms with E-state index in [0.717, 1.165) is 6.07 Å². The molecule has 0 aliphatic rings. The molecule has 1 aromatic carbocycles. The Morgan fingerprint density at radius 3 is 2.58 bits per heavy atom. The molecule has 0 radical (unpaired) electrons. The van der Waals surface area contributed by atoms with Crippen molar-refractivity contribution in [1.29, 1.82) is 0 Å². The molecular formula is C10H10F2N4O2S. The normalized spacial score (nSPS) is 11.5. The largest absolute Gasteiger partial charge is 0.397 e. The second-order valence-electron chi connectivity index (χ2n) is 3.83. The average Bonchev–Trinajstić information content (AvgIpc) is 2.71. The van der Waals surface area contributed by atoms with Gasteiger partial charge in [-0.15, -0.1) is 0 Å². The third-order valence-corrected chi connectivity index (χ3v) is 3.51. The van der Waals surface area contributed by atoms with Crippen LogP contribution in [0.2, 0.25) is 0 Å². The maximum atomic E-state index is 13.5. The molecule has 6 nitrogen and oxygen atoms in total. The van der Waals surface area contributed by atoms with E-state index in [4.69, 9.17) is 5.73 Å². The molecule has 0 bridgehead atoms. The summed E-state index contributed by atoms with van der Waals surface area (Å²) in [5, 5.41) is -0.293. The first-order chi connectivity index (χ1) is 8.79. The van der Waals surface area contributed by atoms with Crippen LogP contribution in [0.15, 0.2) is 29.7 Å². The number of imidazole rings is 1. The number of nitrogens with two attached hydrogens (primary N) is 1. The number of sulfonamides is 1. The van der Waals surface area contributed by atoms with Gasteiger partial charge in [0.15, 0.2) is 10.8 Å². The average molecular weight is 288 g/mol. The molecule has 0 aliphatic carbocycles. The Hall–Kier alpha value is -2.16. The predicted octanol–water partition coefficient (Wildman–Crippen LogP) is 1.08. The van der Waals surface area contributed by atoms with Crippen molar-refractivity contribution >= 4 is 21.4 Å². The summed E-state index contributed by atoms with van der Waals surface area (Å²) in [6.45, 7) is 0. The Bertz CT molecular complexity index is 704. The summed E-state index contributed by atoms with van der Waals surface area (Å²) in [4.78, 5) is 3.64. The van der Waals surface area contributed by atoms with Gasteiger partial charge >= 0.3 is 0 Å². The van der Waals surface area contributed by atoms with E-state index in [1.807, 2.05) is 4.72 Å². The van der Waals surface area contributed by atoms with E-state index in [-0.39, 0.29) is 10.7 Å². The van der Waals surface area contributed by atoms with Crippen LogP contribution in [-0.4, -0.2) is 18.0 Å². The molecule has 19 heavy (non-hydrogen) atoms. The van der Waals surface area contributed by atoms with E-state index >= 15 is 0 Å². The Morgan fingerprint density at radius 2 is 2.05 bits per heavy atom. The van der Waals surface area contributed by atoms with Gasteiger partial charge in [-0.3, -0.25) is 4.72 Å². The molecule has 1 aromatic heterocycles.